The molecule has 1 saturated heterocycles. The third-order valence-electron chi connectivity index (χ3n) is 2.45. The van der Waals surface area contributed by atoms with Crippen LogP contribution in [0.2, 0.25) is 0 Å². The topological polar surface area (TPSA) is 66.4 Å². The van der Waals surface area contributed by atoms with Gasteiger partial charge in [-0.15, -0.1) is 0 Å². The van der Waals surface area contributed by atoms with E-state index in [-0.39, 0.29) is 24.3 Å². The summed E-state index contributed by atoms with van der Waals surface area (Å²) in [6.45, 7) is 6.22. The van der Waals surface area contributed by atoms with Gasteiger partial charge in [-0.25, -0.2) is 0 Å². The first kappa shape index (κ1) is 11.0. The van der Waals surface area contributed by atoms with Crippen LogP contribution >= 0.6 is 0 Å². The van der Waals surface area contributed by atoms with Gasteiger partial charge in [-0.3, -0.25) is 9.59 Å². The molecule has 0 aliphatic carbocycles. The van der Waals surface area contributed by atoms with Crippen molar-refractivity contribution in [3.63, 3.8) is 0 Å². The van der Waals surface area contributed by atoms with E-state index in [0.29, 0.717) is 6.42 Å². The van der Waals surface area contributed by atoms with Gasteiger partial charge >= 0.3 is 5.97 Å². The van der Waals surface area contributed by atoms with Crippen LogP contribution in [0, 0.1) is 10.8 Å². The maximum Gasteiger partial charge on any atom is 0.311 e. The van der Waals surface area contributed by atoms with Crippen molar-refractivity contribution < 1.29 is 14.7 Å². The minimum Gasteiger partial charge on any atom is -0.481 e. The molecule has 1 fully saturated rings. The normalized spacial score (nSPS) is 27.5. The van der Waals surface area contributed by atoms with E-state index in [1.807, 2.05) is 20.8 Å². The smallest absolute Gasteiger partial charge is 0.311 e. The quantitative estimate of drug-likeness (QED) is 0.697. The lowest BCUT2D eigenvalue weighted by atomic mass is 9.73. The van der Waals surface area contributed by atoms with Gasteiger partial charge in [0, 0.05) is 13.0 Å². The van der Waals surface area contributed by atoms with Crippen LogP contribution in [0.15, 0.2) is 0 Å². The van der Waals surface area contributed by atoms with E-state index in [1.165, 1.54) is 0 Å². The molecule has 1 amide bonds. The Labute approximate surface area is 83.7 Å². The lowest BCUT2D eigenvalue weighted by molar-refractivity contribution is -0.150. The van der Waals surface area contributed by atoms with Gasteiger partial charge in [-0.2, -0.15) is 0 Å². The molecule has 2 N–H and O–H groups in total. The van der Waals surface area contributed by atoms with Gasteiger partial charge in [-0.1, -0.05) is 20.8 Å². The SMILES string of the molecule is CC(C)(C)CC1(C(=O)O)CNC(=O)C1. The van der Waals surface area contributed by atoms with Crippen LogP contribution in [0.4, 0.5) is 0 Å². The Morgan fingerprint density at radius 1 is 1.57 bits per heavy atom. The van der Waals surface area contributed by atoms with E-state index in [4.69, 9.17) is 5.11 Å². The maximum absolute atomic E-state index is 11.2. The second-order valence-corrected chi connectivity index (χ2v) is 5.28. The van der Waals surface area contributed by atoms with Gasteiger partial charge in [-0.05, 0) is 11.8 Å². The molecular formula is C10H17NO3. The third-order valence-corrected chi connectivity index (χ3v) is 2.45. The average Bonchev–Trinajstić information content (AvgIpc) is 2.29. The zero-order valence-corrected chi connectivity index (χ0v) is 8.89. The highest BCUT2D eigenvalue weighted by Gasteiger charge is 2.47. The lowest BCUT2D eigenvalue weighted by Gasteiger charge is -2.30. The van der Waals surface area contributed by atoms with Crippen molar-refractivity contribution in [3.8, 4) is 0 Å². The molecule has 0 bridgehead atoms. The Morgan fingerprint density at radius 3 is 2.43 bits per heavy atom. The first-order valence-electron chi connectivity index (χ1n) is 4.75. The van der Waals surface area contributed by atoms with E-state index >= 15 is 0 Å². The van der Waals surface area contributed by atoms with Gasteiger partial charge in [0.05, 0.1) is 5.41 Å². The number of carboxylic acid groups (broad SMARTS) is 1. The summed E-state index contributed by atoms with van der Waals surface area (Å²) in [5.74, 6) is -1.03. The Kier molecular flexibility index (Phi) is 2.56. The van der Waals surface area contributed by atoms with Gasteiger partial charge in [0.25, 0.3) is 0 Å². The van der Waals surface area contributed by atoms with E-state index in [0.717, 1.165) is 0 Å². The van der Waals surface area contributed by atoms with E-state index in [1.54, 1.807) is 0 Å². The van der Waals surface area contributed by atoms with Gasteiger partial charge < -0.3 is 10.4 Å². The molecule has 80 valence electrons. The van der Waals surface area contributed by atoms with Crippen molar-refractivity contribution in [2.24, 2.45) is 10.8 Å². The number of amides is 1. The van der Waals surface area contributed by atoms with Gasteiger partial charge in [0.1, 0.15) is 0 Å². The van der Waals surface area contributed by atoms with Crippen molar-refractivity contribution in [2.45, 2.75) is 33.6 Å². The first-order chi connectivity index (χ1) is 6.25. The van der Waals surface area contributed by atoms with Crippen LogP contribution in [0.5, 0.6) is 0 Å². The van der Waals surface area contributed by atoms with Crippen molar-refractivity contribution in [3.05, 3.63) is 0 Å². The molecule has 1 heterocycles. The predicted octanol–water partition coefficient (Wildman–Crippen LogP) is 1.01. The number of hydrogen-bond acceptors (Lipinski definition) is 2. The first-order valence-corrected chi connectivity index (χ1v) is 4.75. The summed E-state index contributed by atoms with van der Waals surface area (Å²) in [7, 11) is 0. The summed E-state index contributed by atoms with van der Waals surface area (Å²) >= 11 is 0. The number of hydrogen-bond donors (Lipinski definition) is 2. The molecule has 0 spiro atoms. The average molecular weight is 199 g/mol. The fourth-order valence-corrected chi connectivity index (χ4v) is 2.07. The molecule has 0 saturated carbocycles. The number of carbonyl (C=O) groups is 2. The summed E-state index contributed by atoms with van der Waals surface area (Å²) < 4.78 is 0. The summed E-state index contributed by atoms with van der Waals surface area (Å²) in [6, 6.07) is 0. The van der Waals surface area contributed by atoms with E-state index in [2.05, 4.69) is 5.32 Å². The molecule has 0 aromatic carbocycles. The van der Waals surface area contributed by atoms with Crippen LogP contribution in [0.3, 0.4) is 0 Å². The number of aliphatic carboxylic acids is 1. The molecule has 14 heavy (non-hydrogen) atoms. The van der Waals surface area contributed by atoms with Crippen LogP contribution in [-0.4, -0.2) is 23.5 Å². The fourth-order valence-electron chi connectivity index (χ4n) is 2.07. The standard InChI is InChI=1S/C10H17NO3/c1-9(2,3)5-10(8(13)14)4-7(12)11-6-10/h4-6H2,1-3H3,(H,11,12)(H,13,14). The highest BCUT2D eigenvalue weighted by Crippen LogP contribution is 2.38. The second kappa shape index (κ2) is 3.26. The number of carbonyl (C=O) groups excluding carboxylic acids is 1. The molecule has 1 rings (SSSR count). The lowest BCUT2D eigenvalue weighted by Crippen LogP contribution is -2.37. The van der Waals surface area contributed by atoms with Gasteiger partial charge in [0.15, 0.2) is 0 Å². The summed E-state index contributed by atoms with van der Waals surface area (Å²) in [5.41, 5.74) is -0.972. The van der Waals surface area contributed by atoms with Crippen molar-refractivity contribution in [1.82, 2.24) is 5.32 Å². The van der Waals surface area contributed by atoms with Crippen LogP contribution in [0.1, 0.15) is 33.6 Å². The molecule has 4 heteroatoms. The minimum atomic E-state index is -0.894. The number of rotatable bonds is 2. The molecular weight excluding hydrogens is 182 g/mol. The van der Waals surface area contributed by atoms with Crippen molar-refractivity contribution >= 4 is 11.9 Å². The fraction of sp³-hybridized carbons (Fsp3) is 0.800. The molecule has 0 radical (unpaired) electrons. The molecule has 0 aromatic heterocycles. The monoisotopic (exact) mass is 199 g/mol. The van der Waals surface area contributed by atoms with E-state index in [9.17, 15) is 9.59 Å². The largest absolute Gasteiger partial charge is 0.481 e. The molecule has 1 aliphatic heterocycles. The zero-order valence-electron chi connectivity index (χ0n) is 8.89. The predicted molar refractivity (Wildman–Crippen MR) is 51.8 cm³/mol. The Hall–Kier alpha value is -1.06. The number of carboxylic acids is 1. The van der Waals surface area contributed by atoms with Crippen molar-refractivity contribution in [1.29, 1.82) is 0 Å². The van der Waals surface area contributed by atoms with Crippen LogP contribution in [0.25, 0.3) is 0 Å². The highest BCUT2D eigenvalue weighted by atomic mass is 16.4. The molecule has 1 aliphatic rings. The maximum atomic E-state index is 11.2. The molecule has 0 aromatic rings. The molecule has 4 nitrogen and oxygen atoms in total. The second-order valence-electron chi connectivity index (χ2n) is 5.28. The Balaban J connectivity index is 2.84. The third kappa shape index (κ3) is 2.25. The molecule has 1 unspecified atom stereocenters. The highest BCUT2D eigenvalue weighted by molar-refractivity contribution is 5.88. The zero-order chi connectivity index (χ0) is 11.0. The van der Waals surface area contributed by atoms with Crippen molar-refractivity contribution in [2.75, 3.05) is 6.54 Å². The van der Waals surface area contributed by atoms with Crippen LogP contribution < -0.4 is 5.32 Å². The molecule has 1 atom stereocenters. The van der Waals surface area contributed by atoms with Gasteiger partial charge in [0.2, 0.25) is 5.91 Å². The Bertz CT molecular complexity index is 267. The summed E-state index contributed by atoms with van der Waals surface area (Å²) in [5, 5.41) is 11.7. The Morgan fingerprint density at radius 2 is 2.14 bits per heavy atom. The summed E-state index contributed by atoms with van der Waals surface area (Å²) in [6.07, 6.45) is 0.633. The van der Waals surface area contributed by atoms with Crippen LogP contribution in [-0.2, 0) is 9.59 Å². The minimum absolute atomic E-state index is 0.0787. The number of nitrogens with one attached hydrogen (secondary N) is 1. The van der Waals surface area contributed by atoms with E-state index < -0.39 is 11.4 Å². The summed E-state index contributed by atoms with van der Waals surface area (Å²) in [4.78, 5) is 22.2.